The Labute approximate surface area is 202 Å². The van der Waals surface area contributed by atoms with Crippen molar-refractivity contribution in [1.29, 1.82) is 0 Å². The van der Waals surface area contributed by atoms with E-state index in [1.54, 1.807) is 0 Å². The lowest BCUT2D eigenvalue weighted by molar-refractivity contribution is 0.216. The highest BCUT2D eigenvalue weighted by Crippen LogP contribution is 2.27. The summed E-state index contributed by atoms with van der Waals surface area (Å²) < 4.78 is 5.54. The van der Waals surface area contributed by atoms with Crippen LogP contribution in [0.3, 0.4) is 0 Å². The minimum absolute atomic E-state index is 0.229. The Balaban J connectivity index is 1.40. The van der Waals surface area contributed by atoms with Crippen molar-refractivity contribution in [2.75, 3.05) is 18.4 Å². The summed E-state index contributed by atoms with van der Waals surface area (Å²) in [4.78, 5) is 15.0. The third-order valence-corrected chi connectivity index (χ3v) is 6.88. The fourth-order valence-electron chi connectivity index (χ4n) is 4.18. The van der Waals surface area contributed by atoms with E-state index < -0.39 is 6.09 Å². The molecule has 0 unspecified atom stereocenters. The molecule has 0 bridgehead atoms. The number of fused-ring (bicyclic) bond motifs is 1. The Kier molecular flexibility index (Phi) is 6.44. The zero-order valence-electron chi connectivity index (χ0n) is 19.0. The molecular formula is C26H27N5O2S. The summed E-state index contributed by atoms with van der Waals surface area (Å²) in [5.41, 5.74) is 11.5. The fraction of sp³-hybridized carbons (Fsp3) is 0.231. The van der Waals surface area contributed by atoms with E-state index in [1.165, 1.54) is 11.3 Å². The largest absolute Gasteiger partial charge is 0.417 e. The first-order valence-corrected chi connectivity index (χ1v) is 12.2. The van der Waals surface area contributed by atoms with Gasteiger partial charge < -0.3 is 10.5 Å². The molecular weight excluding hydrogens is 446 g/mol. The molecule has 1 amide bonds. The average molecular weight is 474 g/mol. The maximum absolute atomic E-state index is 12.7. The Morgan fingerprint density at radius 3 is 2.97 bits per heavy atom. The quantitative estimate of drug-likeness (QED) is 0.356. The Morgan fingerprint density at radius 2 is 2.18 bits per heavy atom. The number of anilines is 1. The van der Waals surface area contributed by atoms with Crippen LogP contribution in [-0.2, 0) is 6.54 Å². The molecule has 1 aliphatic heterocycles. The number of hydrogen-bond donors (Lipinski definition) is 3. The van der Waals surface area contributed by atoms with Gasteiger partial charge in [0.25, 0.3) is 0 Å². The number of hydrogen-bond acceptors (Lipinski definition) is 6. The number of para-hydroxylation sites is 1. The summed E-state index contributed by atoms with van der Waals surface area (Å²) >= 11 is 1.40. The van der Waals surface area contributed by atoms with Gasteiger partial charge in [-0.3, -0.25) is 15.3 Å². The summed E-state index contributed by atoms with van der Waals surface area (Å²) in [6.07, 6.45) is 4.42. The van der Waals surface area contributed by atoms with Crippen LogP contribution in [0.1, 0.15) is 28.8 Å². The van der Waals surface area contributed by atoms with Crippen molar-refractivity contribution in [3.63, 3.8) is 0 Å². The maximum Gasteiger partial charge on any atom is 0.417 e. The van der Waals surface area contributed by atoms with Gasteiger partial charge in [0.15, 0.2) is 5.06 Å². The van der Waals surface area contributed by atoms with Crippen molar-refractivity contribution in [2.24, 2.45) is 5.73 Å². The number of nitrogens with two attached hydrogens (primary N) is 1. The van der Waals surface area contributed by atoms with E-state index in [0.29, 0.717) is 10.8 Å². The number of aryl methyl sites for hydroxylation is 1. The fourth-order valence-corrected chi connectivity index (χ4v) is 4.96. The van der Waals surface area contributed by atoms with Crippen molar-refractivity contribution in [2.45, 2.75) is 25.9 Å². The SMILES string of the molecule is Cc1ccsc1OC(=O)Nc1cc(CN2CC[C@@H](N)C2)ccc1/C=C/c1n[nH]c2ccccc12. The van der Waals surface area contributed by atoms with Gasteiger partial charge in [0, 0.05) is 36.6 Å². The normalized spacial score (nSPS) is 16.5. The van der Waals surface area contributed by atoms with Gasteiger partial charge in [0.2, 0.25) is 0 Å². The van der Waals surface area contributed by atoms with Crippen LogP contribution >= 0.6 is 11.3 Å². The second-order valence-corrected chi connectivity index (χ2v) is 9.48. The van der Waals surface area contributed by atoms with E-state index in [0.717, 1.165) is 59.3 Å². The second kappa shape index (κ2) is 9.80. The predicted octanol–water partition coefficient (Wildman–Crippen LogP) is 5.25. The van der Waals surface area contributed by atoms with Crippen LogP contribution in [0.25, 0.3) is 23.1 Å². The summed E-state index contributed by atoms with van der Waals surface area (Å²) in [5, 5.41) is 13.9. The van der Waals surface area contributed by atoms with Crippen molar-refractivity contribution >= 4 is 46.2 Å². The molecule has 8 heteroatoms. The van der Waals surface area contributed by atoms with Crippen molar-refractivity contribution in [3.05, 3.63) is 76.3 Å². The number of nitrogens with zero attached hydrogens (tertiary/aromatic N) is 2. The summed E-state index contributed by atoms with van der Waals surface area (Å²) in [6.45, 7) is 4.58. The number of H-pyrrole nitrogens is 1. The lowest BCUT2D eigenvalue weighted by atomic mass is 10.1. The molecule has 1 aliphatic rings. The van der Waals surface area contributed by atoms with Crippen LogP contribution in [0, 0.1) is 6.92 Å². The summed E-state index contributed by atoms with van der Waals surface area (Å²) in [6, 6.07) is 16.3. The minimum Gasteiger partial charge on any atom is -0.399 e. The Hall–Kier alpha value is -3.46. The van der Waals surface area contributed by atoms with E-state index in [1.807, 2.05) is 66.9 Å². The van der Waals surface area contributed by atoms with Gasteiger partial charge in [-0.1, -0.05) is 36.4 Å². The van der Waals surface area contributed by atoms with E-state index >= 15 is 0 Å². The van der Waals surface area contributed by atoms with E-state index in [2.05, 4.69) is 26.5 Å². The molecule has 0 spiro atoms. The second-order valence-electron chi connectivity index (χ2n) is 8.60. The zero-order chi connectivity index (χ0) is 23.5. The van der Waals surface area contributed by atoms with Crippen LogP contribution in [0.5, 0.6) is 5.06 Å². The Morgan fingerprint density at radius 1 is 1.29 bits per heavy atom. The molecule has 7 nitrogen and oxygen atoms in total. The number of carbonyl (C=O) groups is 1. The number of carbonyl (C=O) groups excluding carboxylic acids is 1. The van der Waals surface area contributed by atoms with Gasteiger partial charge in [0.05, 0.1) is 16.9 Å². The molecule has 1 atom stereocenters. The minimum atomic E-state index is -0.509. The number of benzene rings is 2. The molecule has 2 aromatic heterocycles. The van der Waals surface area contributed by atoms with Crippen LogP contribution in [0.2, 0.25) is 0 Å². The molecule has 1 saturated heterocycles. The number of ether oxygens (including phenoxy) is 1. The van der Waals surface area contributed by atoms with Gasteiger partial charge in [0.1, 0.15) is 0 Å². The van der Waals surface area contributed by atoms with Gasteiger partial charge in [-0.05, 0) is 54.1 Å². The molecule has 2 aromatic carbocycles. The molecule has 0 radical (unpaired) electrons. The predicted molar refractivity (Wildman–Crippen MR) is 138 cm³/mol. The number of aromatic amines is 1. The molecule has 34 heavy (non-hydrogen) atoms. The molecule has 1 fully saturated rings. The molecule has 174 valence electrons. The van der Waals surface area contributed by atoms with Crippen molar-refractivity contribution < 1.29 is 9.53 Å². The molecule has 4 N–H and O–H groups in total. The molecule has 0 aliphatic carbocycles. The van der Waals surface area contributed by atoms with Gasteiger partial charge >= 0.3 is 6.09 Å². The highest BCUT2D eigenvalue weighted by Gasteiger charge is 2.19. The highest BCUT2D eigenvalue weighted by atomic mass is 32.1. The molecule has 4 aromatic rings. The van der Waals surface area contributed by atoms with Crippen LogP contribution in [-0.4, -0.2) is 40.3 Å². The lowest BCUT2D eigenvalue weighted by Gasteiger charge is -2.17. The van der Waals surface area contributed by atoms with Crippen LogP contribution in [0.4, 0.5) is 10.5 Å². The van der Waals surface area contributed by atoms with Crippen molar-refractivity contribution in [3.8, 4) is 5.06 Å². The number of aromatic nitrogens is 2. The van der Waals surface area contributed by atoms with Gasteiger partial charge in [-0.15, -0.1) is 11.3 Å². The Bertz CT molecular complexity index is 1340. The standard InChI is InChI=1S/C26H27N5O2S/c1-17-11-13-34-25(17)33-26(32)28-24-14-18(15-31-12-10-20(27)16-31)6-7-19(24)8-9-23-21-4-2-3-5-22(21)29-30-23/h2-9,11,13-14,20H,10,12,15-16,27H2,1H3,(H,28,32)(H,29,30)/b9-8+/t20-/m1/s1. The monoisotopic (exact) mass is 473 g/mol. The van der Waals surface area contributed by atoms with E-state index in [4.69, 9.17) is 10.5 Å². The average Bonchev–Trinajstić information content (AvgIpc) is 3.54. The lowest BCUT2D eigenvalue weighted by Crippen LogP contribution is -2.26. The first-order chi connectivity index (χ1) is 16.5. The number of nitrogens with one attached hydrogen (secondary N) is 2. The van der Waals surface area contributed by atoms with Gasteiger partial charge in [-0.25, -0.2) is 4.79 Å². The molecule has 5 rings (SSSR count). The third-order valence-electron chi connectivity index (χ3n) is 5.99. The summed E-state index contributed by atoms with van der Waals surface area (Å²) in [5.74, 6) is 0. The number of likely N-dealkylation sites (tertiary alicyclic amines) is 1. The van der Waals surface area contributed by atoms with Crippen molar-refractivity contribution in [1.82, 2.24) is 15.1 Å². The highest BCUT2D eigenvalue weighted by molar-refractivity contribution is 7.12. The van der Waals surface area contributed by atoms with E-state index in [-0.39, 0.29) is 6.04 Å². The van der Waals surface area contributed by atoms with E-state index in [9.17, 15) is 4.79 Å². The first-order valence-electron chi connectivity index (χ1n) is 11.3. The van der Waals surface area contributed by atoms with Crippen LogP contribution < -0.4 is 15.8 Å². The van der Waals surface area contributed by atoms with Crippen LogP contribution in [0.15, 0.2) is 53.9 Å². The topological polar surface area (TPSA) is 96.3 Å². The number of thiophene rings is 1. The molecule has 0 saturated carbocycles. The summed E-state index contributed by atoms with van der Waals surface area (Å²) in [7, 11) is 0. The number of rotatable bonds is 6. The van der Waals surface area contributed by atoms with Gasteiger partial charge in [-0.2, -0.15) is 5.10 Å². The zero-order valence-corrected chi connectivity index (χ0v) is 19.8. The first kappa shape index (κ1) is 22.3. The smallest absolute Gasteiger partial charge is 0.399 e. The molecule has 3 heterocycles. The maximum atomic E-state index is 12.7. The number of amides is 1. The third kappa shape index (κ3) is 5.04.